The number of rotatable bonds is 4. The summed E-state index contributed by atoms with van der Waals surface area (Å²) in [6.45, 7) is 0.528. The van der Waals surface area contributed by atoms with Crippen LogP contribution in [0.1, 0.15) is 16.1 Å². The lowest BCUT2D eigenvalue weighted by Gasteiger charge is -2.08. The fourth-order valence-corrected chi connectivity index (χ4v) is 2.45. The normalized spacial score (nSPS) is 10.7. The van der Waals surface area contributed by atoms with E-state index in [0.717, 1.165) is 16.1 Å². The first-order valence-electron chi connectivity index (χ1n) is 6.70. The maximum absolute atomic E-state index is 12.2. The van der Waals surface area contributed by atoms with Gasteiger partial charge in [0.15, 0.2) is 0 Å². The Morgan fingerprint density at radius 2 is 2.00 bits per heavy atom. The average molecular weight is 300 g/mol. The molecule has 2 heterocycles. The Kier molecular flexibility index (Phi) is 3.88. The molecule has 5 heteroatoms. The second-order valence-corrected chi connectivity index (χ2v) is 5.08. The van der Waals surface area contributed by atoms with E-state index in [1.165, 1.54) is 0 Å². The van der Waals surface area contributed by atoms with Crippen LogP contribution in [0, 0.1) is 0 Å². The molecule has 4 nitrogen and oxygen atoms in total. The summed E-state index contributed by atoms with van der Waals surface area (Å²) in [5, 5.41) is 7.78. The summed E-state index contributed by atoms with van der Waals surface area (Å²) < 4.78 is 1.63. The molecule has 0 aliphatic rings. The third-order valence-corrected chi connectivity index (χ3v) is 3.66. The third kappa shape index (κ3) is 2.90. The number of benzene rings is 1. The lowest BCUT2D eigenvalue weighted by Crippen LogP contribution is -2.27. The number of amides is 1. The zero-order chi connectivity index (χ0) is 14.7. The molecule has 21 heavy (non-hydrogen) atoms. The summed E-state index contributed by atoms with van der Waals surface area (Å²) in [7, 11) is 0. The molecule has 3 rings (SSSR count). The van der Waals surface area contributed by atoms with E-state index < -0.39 is 0 Å². The van der Waals surface area contributed by atoms with Crippen molar-refractivity contribution >= 4 is 23.0 Å². The summed E-state index contributed by atoms with van der Waals surface area (Å²) in [5.74, 6) is -0.142. The topological polar surface area (TPSA) is 46.4 Å². The molecule has 1 aromatic carbocycles. The molecule has 0 atom stereocenters. The van der Waals surface area contributed by atoms with Crippen LogP contribution in [0.5, 0.6) is 0 Å². The van der Waals surface area contributed by atoms with Crippen molar-refractivity contribution in [2.75, 3.05) is 6.54 Å². The van der Waals surface area contributed by atoms with Crippen LogP contribution in [0.25, 0.3) is 5.52 Å². The van der Waals surface area contributed by atoms with E-state index >= 15 is 0 Å². The monoisotopic (exact) mass is 299 g/mol. The first-order chi connectivity index (χ1) is 10.3. The lowest BCUT2D eigenvalue weighted by molar-refractivity contribution is 0.0946. The predicted octanol–water partition coefficient (Wildman–Crippen LogP) is 2.96. The van der Waals surface area contributed by atoms with E-state index in [2.05, 4.69) is 10.4 Å². The van der Waals surface area contributed by atoms with Crippen molar-refractivity contribution in [3.05, 3.63) is 71.0 Å². The van der Waals surface area contributed by atoms with Gasteiger partial charge in [-0.1, -0.05) is 35.9 Å². The van der Waals surface area contributed by atoms with Crippen LogP contribution < -0.4 is 5.32 Å². The zero-order valence-electron chi connectivity index (χ0n) is 11.3. The van der Waals surface area contributed by atoms with Gasteiger partial charge in [-0.2, -0.15) is 5.10 Å². The number of aromatic nitrogens is 2. The molecule has 3 aromatic rings. The van der Waals surface area contributed by atoms with Crippen LogP contribution in [-0.4, -0.2) is 22.1 Å². The number of pyridine rings is 1. The molecule has 1 N–H and O–H groups in total. The largest absolute Gasteiger partial charge is 0.350 e. The fraction of sp³-hybridized carbons (Fsp3) is 0.125. The third-order valence-electron chi connectivity index (χ3n) is 3.29. The summed E-state index contributed by atoms with van der Waals surface area (Å²) in [6, 6.07) is 15.0. The number of nitrogens with zero attached hydrogens (tertiary/aromatic N) is 2. The highest BCUT2D eigenvalue weighted by molar-refractivity contribution is 6.31. The first kappa shape index (κ1) is 13.6. The molecular formula is C16H14ClN3O. The maximum Gasteiger partial charge on any atom is 0.269 e. The minimum Gasteiger partial charge on any atom is -0.350 e. The van der Waals surface area contributed by atoms with Crippen LogP contribution >= 0.6 is 11.6 Å². The van der Waals surface area contributed by atoms with Gasteiger partial charge in [0.25, 0.3) is 5.91 Å². The van der Waals surface area contributed by atoms with Gasteiger partial charge in [0.1, 0.15) is 5.69 Å². The highest BCUT2D eigenvalue weighted by Crippen LogP contribution is 2.15. The zero-order valence-corrected chi connectivity index (χ0v) is 12.0. The van der Waals surface area contributed by atoms with Gasteiger partial charge in [0, 0.05) is 11.6 Å². The summed E-state index contributed by atoms with van der Waals surface area (Å²) in [4.78, 5) is 12.2. The molecule has 0 saturated heterocycles. The van der Waals surface area contributed by atoms with E-state index in [1.807, 2.05) is 42.5 Å². The van der Waals surface area contributed by atoms with E-state index in [1.54, 1.807) is 16.8 Å². The molecular weight excluding hydrogens is 286 g/mol. The molecule has 0 unspecified atom stereocenters. The quantitative estimate of drug-likeness (QED) is 0.805. The summed E-state index contributed by atoms with van der Waals surface area (Å²) in [5.41, 5.74) is 2.45. The Bertz CT molecular complexity index is 782. The van der Waals surface area contributed by atoms with E-state index in [0.29, 0.717) is 18.7 Å². The molecule has 106 valence electrons. The number of halogens is 1. The molecule has 0 aliphatic heterocycles. The minimum absolute atomic E-state index is 0.142. The van der Waals surface area contributed by atoms with Crippen LogP contribution in [0.2, 0.25) is 5.02 Å². The number of nitrogens with one attached hydrogen (secondary N) is 1. The standard InChI is InChI=1S/C16H14ClN3O/c17-14-6-2-1-4-12(14)8-10-18-16(21)15-7-3-5-13-9-11-19-20(13)15/h1-7,9,11H,8,10H2,(H,18,21). The highest BCUT2D eigenvalue weighted by atomic mass is 35.5. The number of hydrogen-bond donors (Lipinski definition) is 1. The average Bonchev–Trinajstić information content (AvgIpc) is 2.97. The molecule has 0 aliphatic carbocycles. The smallest absolute Gasteiger partial charge is 0.269 e. The van der Waals surface area contributed by atoms with Gasteiger partial charge in [0.2, 0.25) is 0 Å². The Balaban J connectivity index is 1.67. The van der Waals surface area contributed by atoms with Gasteiger partial charge in [-0.05, 0) is 36.2 Å². The Morgan fingerprint density at radius 3 is 2.86 bits per heavy atom. The minimum atomic E-state index is -0.142. The van der Waals surface area contributed by atoms with Crippen molar-refractivity contribution in [2.24, 2.45) is 0 Å². The van der Waals surface area contributed by atoms with Crippen LogP contribution in [-0.2, 0) is 6.42 Å². The van der Waals surface area contributed by atoms with Gasteiger partial charge in [-0.3, -0.25) is 4.79 Å². The maximum atomic E-state index is 12.2. The molecule has 2 aromatic heterocycles. The van der Waals surface area contributed by atoms with Crippen molar-refractivity contribution in [1.29, 1.82) is 0 Å². The lowest BCUT2D eigenvalue weighted by atomic mass is 10.1. The molecule has 1 amide bonds. The SMILES string of the molecule is O=C(NCCc1ccccc1Cl)c1cccc2ccnn12. The van der Waals surface area contributed by atoms with Crippen molar-refractivity contribution in [3.8, 4) is 0 Å². The van der Waals surface area contributed by atoms with Crippen LogP contribution in [0.15, 0.2) is 54.7 Å². The van der Waals surface area contributed by atoms with Crippen LogP contribution in [0.3, 0.4) is 0 Å². The number of carbonyl (C=O) groups is 1. The first-order valence-corrected chi connectivity index (χ1v) is 7.08. The Labute approximate surface area is 127 Å². The van der Waals surface area contributed by atoms with E-state index in [-0.39, 0.29) is 5.91 Å². The number of fused-ring (bicyclic) bond motifs is 1. The van der Waals surface area contributed by atoms with Gasteiger partial charge in [0.05, 0.1) is 11.7 Å². The number of hydrogen-bond acceptors (Lipinski definition) is 2. The summed E-state index contributed by atoms with van der Waals surface area (Å²) in [6.07, 6.45) is 2.37. The predicted molar refractivity (Wildman–Crippen MR) is 82.7 cm³/mol. The van der Waals surface area contributed by atoms with Gasteiger partial charge in [-0.15, -0.1) is 0 Å². The second kappa shape index (κ2) is 5.97. The summed E-state index contributed by atoms with van der Waals surface area (Å²) >= 11 is 6.09. The Hall–Kier alpha value is -2.33. The van der Waals surface area contributed by atoms with Crippen molar-refractivity contribution in [2.45, 2.75) is 6.42 Å². The molecule has 0 spiro atoms. The van der Waals surface area contributed by atoms with Gasteiger partial charge < -0.3 is 5.32 Å². The fourth-order valence-electron chi connectivity index (χ4n) is 2.22. The molecule has 0 bridgehead atoms. The van der Waals surface area contributed by atoms with Crippen molar-refractivity contribution in [1.82, 2.24) is 14.9 Å². The molecule has 0 fully saturated rings. The number of carbonyl (C=O) groups excluding carboxylic acids is 1. The highest BCUT2D eigenvalue weighted by Gasteiger charge is 2.10. The van der Waals surface area contributed by atoms with Crippen molar-refractivity contribution < 1.29 is 4.79 Å². The van der Waals surface area contributed by atoms with Crippen molar-refractivity contribution in [3.63, 3.8) is 0 Å². The Morgan fingerprint density at radius 1 is 1.14 bits per heavy atom. The van der Waals surface area contributed by atoms with Gasteiger partial charge >= 0.3 is 0 Å². The molecule has 0 radical (unpaired) electrons. The van der Waals surface area contributed by atoms with E-state index in [4.69, 9.17) is 11.6 Å². The van der Waals surface area contributed by atoms with E-state index in [9.17, 15) is 4.79 Å². The molecule has 0 saturated carbocycles. The second-order valence-electron chi connectivity index (χ2n) is 4.68. The van der Waals surface area contributed by atoms with Gasteiger partial charge in [-0.25, -0.2) is 4.52 Å². The van der Waals surface area contributed by atoms with Crippen LogP contribution in [0.4, 0.5) is 0 Å².